The van der Waals surface area contributed by atoms with Crippen molar-refractivity contribution in [3.63, 3.8) is 0 Å². The molecule has 4 N–H and O–H groups in total. The first-order valence-corrected chi connectivity index (χ1v) is 13.6. The Hall–Kier alpha value is -3.52. The van der Waals surface area contributed by atoms with Crippen molar-refractivity contribution >= 4 is 45.2 Å². The van der Waals surface area contributed by atoms with Crippen LogP contribution in [0, 0.1) is 10.8 Å². The predicted molar refractivity (Wildman–Crippen MR) is 156 cm³/mol. The Kier molecular flexibility index (Phi) is 17.1. The fourth-order valence-corrected chi connectivity index (χ4v) is 3.78. The molecule has 0 aromatic heterocycles. The Morgan fingerprint density at radius 3 is 2.16 bits per heavy atom. The van der Waals surface area contributed by atoms with Crippen molar-refractivity contribution in [3.8, 4) is 0 Å². The Labute approximate surface area is 250 Å². The van der Waals surface area contributed by atoms with Gasteiger partial charge in [-0.05, 0) is 25.8 Å². The number of carbonyl (C=O) groups is 4. The molecule has 238 valence electrons. The molecule has 5 atom stereocenters. The summed E-state index contributed by atoms with van der Waals surface area (Å²) in [6, 6.07) is -4.46. The number of rotatable bonds is 20. The van der Waals surface area contributed by atoms with Gasteiger partial charge in [0.1, 0.15) is 12.1 Å². The number of carbonyl (C=O) groups excluding carboxylic acids is 4. The normalized spacial score (nSPS) is 17.7. The van der Waals surface area contributed by atoms with Crippen molar-refractivity contribution in [3.05, 3.63) is 48.7 Å². The van der Waals surface area contributed by atoms with Gasteiger partial charge in [-0.1, -0.05) is 40.1 Å². The topological polar surface area (TPSA) is 168 Å². The van der Waals surface area contributed by atoms with Crippen LogP contribution >= 0.6 is 9.24 Å². The number of ether oxygens (including phenoxy) is 3. The minimum Gasteiger partial charge on any atom is -0.379 e. The van der Waals surface area contributed by atoms with Crippen LogP contribution in [0.5, 0.6) is 0 Å². The smallest absolute Gasteiger partial charge is 0.345 e. The molecule has 0 radical (unpaired) electrons. The van der Waals surface area contributed by atoms with Crippen LogP contribution in [0.25, 0.3) is 0 Å². The van der Waals surface area contributed by atoms with E-state index < -0.39 is 67.2 Å². The number of alkyl halides is 3. The van der Waals surface area contributed by atoms with Gasteiger partial charge in [0.2, 0.25) is 23.8 Å². The predicted octanol–water partition coefficient (Wildman–Crippen LogP) is 1.74. The highest BCUT2D eigenvalue weighted by Crippen LogP contribution is 2.30. The van der Waals surface area contributed by atoms with Crippen LogP contribution in [0.1, 0.15) is 20.3 Å². The van der Waals surface area contributed by atoms with E-state index in [-0.39, 0.29) is 25.4 Å². The second-order valence-corrected chi connectivity index (χ2v) is 9.87. The van der Waals surface area contributed by atoms with Gasteiger partial charge in [-0.2, -0.15) is 8.78 Å². The SMILES string of the molecule is C=C/C=C(\C=C/C)CC(NC(=O)[C@H](COC(F)P)NC(=O)C(COC(F)F)NC(=O)/C=C/N=CC=N)C(=O)C1(C)COC1. The number of hydrogen-bond donors (Lipinski definition) is 4. The van der Waals surface area contributed by atoms with Crippen LogP contribution < -0.4 is 16.0 Å². The lowest BCUT2D eigenvalue weighted by atomic mass is 9.79. The first kappa shape index (κ1) is 37.5. The number of halogens is 3. The molecule has 43 heavy (non-hydrogen) atoms. The number of nitrogens with one attached hydrogen (secondary N) is 4. The maximum absolute atomic E-state index is 13.5. The maximum atomic E-state index is 13.5. The largest absolute Gasteiger partial charge is 0.379 e. The molecule has 16 heteroatoms. The standard InChI is InChI=1S/C27H37F3N5O7P/c1-4-6-17(7-5-2)12-18(22(37)27(3)15-40-16-27)34-24(39)20(14-42-26(30)43)35-23(38)19(13-41-25(28)29)33-21(36)8-10-32-11-9-31/h4-11,18-20,25-26,31H,1,12-16,43H2,2-3H3,(H,33,36)(H,34,39)(H,35,38)/b7-5-,10-8+,17-6+,31-9?,32-11?/t18?,19?,20-,26?/m0/s1. The number of hydrogen-bond acceptors (Lipinski definition) is 9. The van der Waals surface area contributed by atoms with Gasteiger partial charge in [-0.25, -0.2) is 4.39 Å². The van der Waals surface area contributed by atoms with E-state index in [1.807, 2.05) is 0 Å². The minimum atomic E-state index is -3.29. The third-order valence-electron chi connectivity index (χ3n) is 5.77. The molecule has 0 aromatic rings. The highest BCUT2D eigenvalue weighted by Gasteiger charge is 2.45. The van der Waals surface area contributed by atoms with Crippen LogP contribution in [0.15, 0.2) is 53.7 Å². The Morgan fingerprint density at radius 2 is 1.65 bits per heavy atom. The minimum absolute atomic E-state index is 0.0428. The summed E-state index contributed by atoms with van der Waals surface area (Å²) in [6.45, 7) is 2.36. The van der Waals surface area contributed by atoms with Gasteiger partial charge in [-0.3, -0.25) is 24.2 Å². The Bertz CT molecular complexity index is 1110. The van der Waals surface area contributed by atoms with Crippen molar-refractivity contribution < 1.29 is 46.6 Å². The lowest BCUT2D eigenvalue weighted by Crippen LogP contribution is -2.60. The van der Waals surface area contributed by atoms with E-state index in [2.05, 4.69) is 32.3 Å². The van der Waals surface area contributed by atoms with Crippen LogP contribution in [-0.4, -0.2) is 93.2 Å². The molecule has 1 aliphatic heterocycles. The lowest BCUT2D eigenvalue weighted by molar-refractivity contribution is -0.158. The molecule has 1 saturated heterocycles. The molecule has 0 aromatic carbocycles. The summed E-state index contributed by atoms with van der Waals surface area (Å²) in [6.07, 6.45) is 8.46. The van der Waals surface area contributed by atoms with Gasteiger partial charge >= 0.3 is 6.61 Å². The van der Waals surface area contributed by atoms with E-state index in [0.29, 0.717) is 5.57 Å². The number of ketones is 1. The monoisotopic (exact) mass is 631 g/mol. The summed E-state index contributed by atoms with van der Waals surface area (Å²) >= 11 is 0. The molecular formula is C27H37F3N5O7P. The summed E-state index contributed by atoms with van der Waals surface area (Å²) in [5.74, 6) is -3.37. The van der Waals surface area contributed by atoms with Gasteiger partial charge in [0.15, 0.2) is 5.78 Å². The summed E-state index contributed by atoms with van der Waals surface area (Å²) in [7, 11) is 1.70. The molecular weight excluding hydrogens is 594 g/mol. The highest BCUT2D eigenvalue weighted by molar-refractivity contribution is 7.16. The first-order chi connectivity index (χ1) is 20.4. The molecule has 12 nitrogen and oxygen atoms in total. The quantitative estimate of drug-likeness (QED) is 0.0687. The van der Waals surface area contributed by atoms with Gasteiger partial charge in [0, 0.05) is 24.7 Å². The van der Waals surface area contributed by atoms with Crippen molar-refractivity contribution in [2.75, 3.05) is 26.4 Å². The van der Waals surface area contributed by atoms with E-state index in [9.17, 15) is 32.3 Å². The maximum Gasteiger partial charge on any atom is 0.345 e. The summed E-state index contributed by atoms with van der Waals surface area (Å²) in [5, 5.41) is 13.8. The van der Waals surface area contributed by atoms with Crippen LogP contribution in [0.3, 0.4) is 0 Å². The Balaban J connectivity index is 3.24. The van der Waals surface area contributed by atoms with Crippen molar-refractivity contribution in [1.82, 2.24) is 16.0 Å². The third kappa shape index (κ3) is 14.0. The van der Waals surface area contributed by atoms with E-state index in [1.165, 1.54) is 6.08 Å². The average Bonchev–Trinajstić information content (AvgIpc) is 2.93. The van der Waals surface area contributed by atoms with E-state index >= 15 is 0 Å². The van der Waals surface area contributed by atoms with E-state index in [4.69, 9.17) is 14.9 Å². The van der Waals surface area contributed by atoms with Crippen LogP contribution in [0.4, 0.5) is 13.2 Å². The molecule has 1 fully saturated rings. The number of amides is 3. The fraction of sp³-hybridized carbons (Fsp3) is 0.481. The zero-order valence-corrected chi connectivity index (χ0v) is 24.9. The molecule has 1 rings (SSSR count). The summed E-state index contributed by atoms with van der Waals surface area (Å²) in [5.41, 5.74) is -0.236. The average molecular weight is 632 g/mol. The van der Waals surface area contributed by atoms with Crippen molar-refractivity contribution in [1.29, 1.82) is 5.41 Å². The van der Waals surface area contributed by atoms with Crippen LogP contribution in [-0.2, 0) is 33.4 Å². The molecule has 0 saturated carbocycles. The second-order valence-electron chi connectivity index (χ2n) is 9.34. The van der Waals surface area contributed by atoms with Gasteiger partial charge in [0.05, 0.1) is 37.9 Å². The number of aliphatic imine (C=N–C) groups is 1. The number of allylic oxidation sites excluding steroid dienone is 4. The summed E-state index contributed by atoms with van der Waals surface area (Å²) in [4.78, 5) is 55.6. The molecule has 1 heterocycles. The molecule has 0 spiro atoms. The first-order valence-electron chi connectivity index (χ1n) is 12.9. The Morgan fingerprint density at radius 1 is 1.05 bits per heavy atom. The number of Topliss-reactive ketones (excluding diaryl/α,β-unsaturated/α-hetero) is 1. The van der Waals surface area contributed by atoms with Crippen molar-refractivity contribution in [2.45, 2.75) is 51.1 Å². The number of nitrogens with zero attached hydrogens (tertiary/aromatic N) is 1. The van der Waals surface area contributed by atoms with E-state index in [1.54, 1.807) is 41.3 Å². The molecule has 0 aliphatic carbocycles. The third-order valence-corrected chi connectivity index (χ3v) is 5.96. The van der Waals surface area contributed by atoms with Crippen LogP contribution in [0.2, 0.25) is 0 Å². The van der Waals surface area contributed by atoms with Gasteiger partial charge < -0.3 is 35.6 Å². The molecule has 1 aliphatic rings. The highest BCUT2D eigenvalue weighted by atomic mass is 31.0. The van der Waals surface area contributed by atoms with E-state index in [0.717, 1.165) is 24.7 Å². The lowest BCUT2D eigenvalue weighted by Gasteiger charge is -2.39. The second kappa shape index (κ2) is 19.6. The zero-order chi connectivity index (χ0) is 32.4. The fourth-order valence-electron chi connectivity index (χ4n) is 3.66. The molecule has 4 unspecified atom stereocenters. The van der Waals surface area contributed by atoms with Gasteiger partial charge in [-0.15, -0.1) is 0 Å². The molecule has 0 bridgehead atoms. The van der Waals surface area contributed by atoms with Gasteiger partial charge in [0.25, 0.3) is 0 Å². The zero-order valence-electron chi connectivity index (χ0n) is 23.8. The summed E-state index contributed by atoms with van der Waals surface area (Å²) < 4.78 is 53.2. The van der Waals surface area contributed by atoms with Crippen molar-refractivity contribution in [2.24, 2.45) is 10.4 Å². The molecule has 3 amide bonds.